The summed E-state index contributed by atoms with van der Waals surface area (Å²) in [7, 11) is 3.46. The number of aryl methyl sites for hydroxylation is 1. The summed E-state index contributed by atoms with van der Waals surface area (Å²) in [5, 5.41) is 6.38. The number of anilines is 1. The molecule has 4 nitrogen and oxygen atoms in total. The maximum atomic E-state index is 9.06. The minimum atomic E-state index is 0.625. The van der Waals surface area contributed by atoms with Crippen molar-refractivity contribution in [1.82, 2.24) is 9.69 Å². The molecule has 0 atom stereocenters. The highest BCUT2D eigenvalue weighted by atomic mass is 32.1. The third kappa shape index (κ3) is 4.68. The molecule has 0 aliphatic heterocycles. The van der Waals surface area contributed by atoms with E-state index in [0.717, 1.165) is 10.7 Å². The first-order chi connectivity index (χ1) is 5.74. The lowest BCUT2D eigenvalue weighted by Gasteiger charge is -1.84. The van der Waals surface area contributed by atoms with E-state index in [0.29, 0.717) is 6.41 Å². The highest BCUT2D eigenvalue weighted by Gasteiger charge is 1.90. The lowest BCUT2D eigenvalue weighted by atomic mass is 10.5. The summed E-state index contributed by atoms with van der Waals surface area (Å²) in [6.45, 7) is 1.98. The third-order valence-corrected chi connectivity index (χ3v) is 1.89. The second-order valence-corrected chi connectivity index (χ2v) is 2.79. The van der Waals surface area contributed by atoms with Crippen LogP contribution < -0.4 is 10.6 Å². The van der Waals surface area contributed by atoms with Crippen molar-refractivity contribution in [2.45, 2.75) is 6.92 Å². The van der Waals surface area contributed by atoms with Gasteiger partial charge in [0.05, 0.1) is 5.69 Å². The van der Waals surface area contributed by atoms with Crippen molar-refractivity contribution in [3.8, 4) is 0 Å². The van der Waals surface area contributed by atoms with Crippen LogP contribution in [0.1, 0.15) is 5.69 Å². The van der Waals surface area contributed by atoms with E-state index < -0.39 is 0 Å². The standard InChI is InChI=1S/C5H8N2S.C2H5NO/c1-4-3-5(6-2)8-7-4;1-3-2-4/h3,6H,1-2H3;2H,1H3,(H,3,4). The number of hydrogen-bond donors (Lipinski definition) is 2. The second kappa shape index (κ2) is 6.60. The normalized spacial score (nSPS) is 7.92. The second-order valence-electron chi connectivity index (χ2n) is 1.99. The summed E-state index contributed by atoms with van der Waals surface area (Å²) in [5.41, 5.74) is 1.08. The van der Waals surface area contributed by atoms with Gasteiger partial charge in [-0.2, -0.15) is 4.37 Å². The van der Waals surface area contributed by atoms with E-state index in [1.165, 1.54) is 11.5 Å². The van der Waals surface area contributed by atoms with Gasteiger partial charge in [-0.3, -0.25) is 4.79 Å². The maximum Gasteiger partial charge on any atom is 0.206 e. The van der Waals surface area contributed by atoms with Crippen molar-refractivity contribution in [1.29, 1.82) is 0 Å². The third-order valence-electron chi connectivity index (χ3n) is 0.992. The molecule has 0 aliphatic rings. The molecule has 12 heavy (non-hydrogen) atoms. The predicted molar refractivity (Wildman–Crippen MR) is 51.5 cm³/mol. The monoisotopic (exact) mass is 187 g/mol. The summed E-state index contributed by atoms with van der Waals surface area (Å²) >= 11 is 1.49. The van der Waals surface area contributed by atoms with Gasteiger partial charge in [0.2, 0.25) is 6.41 Å². The van der Waals surface area contributed by atoms with Gasteiger partial charge in [0.15, 0.2) is 0 Å². The molecule has 0 aromatic carbocycles. The number of amides is 1. The van der Waals surface area contributed by atoms with Gasteiger partial charge in [-0.25, -0.2) is 0 Å². The average molecular weight is 187 g/mol. The molecular formula is C7H13N3OS. The quantitative estimate of drug-likeness (QED) is 0.675. The molecule has 1 rings (SSSR count). The minimum absolute atomic E-state index is 0.625. The van der Waals surface area contributed by atoms with Crippen molar-refractivity contribution >= 4 is 22.9 Å². The molecule has 1 heterocycles. The molecule has 68 valence electrons. The summed E-state index contributed by atoms with van der Waals surface area (Å²) in [4.78, 5) is 9.06. The zero-order valence-corrected chi connectivity index (χ0v) is 8.23. The van der Waals surface area contributed by atoms with E-state index in [-0.39, 0.29) is 0 Å². The van der Waals surface area contributed by atoms with Crippen molar-refractivity contribution < 1.29 is 4.79 Å². The molecule has 1 aromatic rings. The molecular weight excluding hydrogens is 174 g/mol. The van der Waals surface area contributed by atoms with Crippen LogP contribution in [0.3, 0.4) is 0 Å². The Hall–Kier alpha value is -1.10. The highest BCUT2D eigenvalue weighted by Crippen LogP contribution is 2.13. The molecule has 2 N–H and O–H groups in total. The number of carbonyl (C=O) groups is 1. The van der Waals surface area contributed by atoms with E-state index in [1.54, 1.807) is 7.05 Å². The smallest absolute Gasteiger partial charge is 0.206 e. The van der Waals surface area contributed by atoms with Crippen molar-refractivity contribution in [2.24, 2.45) is 0 Å². The van der Waals surface area contributed by atoms with E-state index in [2.05, 4.69) is 15.0 Å². The zero-order chi connectivity index (χ0) is 9.40. The van der Waals surface area contributed by atoms with E-state index in [4.69, 9.17) is 4.79 Å². The van der Waals surface area contributed by atoms with Crippen molar-refractivity contribution in [2.75, 3.05) is 19.4 Å². The number of hydrogen-bond acceptors (Lipinski definition) is 4. The van der Waals surface area contributed by atoms with Crippen LogP contribution in [0, 0.1) is 6.92 Å². The fourth-order valence-electron chi connectivity index (χ4n) is 0.481. The van der Waals surface area contributed by atoms with Gasteiger partial charge in [-0.05, 0) is 24.5 Å². The van der Waals surface area contributed by atoms with Crippen LogP contribution in [0.15, 0.2) is 6.07 Å². The van der Waals surface area contributed by atoms with Gasteiger partial charge in [0.1, 0.15) is 5.00 Å². The molecule has 1 amide bonds. The van der Waals surface area contributed by atoms with Gasteiger partial charge in [-0.1, -0.05) is 0 Å². The lowest BCUT2D eigenvalue weighted by Crippen LogP contribution is -1.98. The fraction of sp³-hybridized carbons (Fsp3) is 0.429. The SMILES string of the molecule is CNC=O.CNc1cc(C)ns1. The highest BCUT2D eigenvalue weighted by molar-refractivity contribution is 7.10. The first kappa shape index (κ1) is 10.9. The maximum absolute atomic E-state index is 9.06. The molecule has 0 saturated heterocycles. The largest absolute Gasteiger partial charge is 0.379 e. The van der Waals surface area contributed by atoms with Crippen LogP contribution in [0.2, 0.25) is 0 Å². The minimum Gasteiger partial charge on any atom is -0.379 e. The Morgan fingerprint density at radius 2 is 2.17 bits per heavy atom. The lowest BCUT2D eigenvalue weighted by molar-refractivity contribution is -0.109. The fourth-order valence-corrected chi connectivity index (χ4v) is 1.09. The summed E-state index contributed by atoms with van der Waals surface area (Å²) in [6.07, 6.45) is 0.625. The van der Waals surface area contributed by atoms with Crippen LogP contribution in [0.5, 0.6) is 0 Å². The van der Waals surface area contributed by atoms with Gasteiger partial charge in [-0.15, -0.1) is 0 Å². The Morgan fingerprint density at radius 3 is 2.33 bits per heavy atom. The average Bonchev–Trinajstić information content (AvgIpc) is 2.52. The number of nitrogens with one attached hydrogen (secondary N) is 2. The Labute approximate surface area is 76.2 Å². The van der Waals surface area contributed by atoms with Crippen LogP contribution in [0.25, 0.3) is 0 Å². The summed E-state index contributed by atoms with van der Waals surface area (Å²) in [5.74, 6) is 0. The van der Waals surface area contributed by atoms with Gasteiger partial charge in [0.25, 0.3) is 0 Å². The van der Waals surface area contributed by atoms with Crippen LogP contribution in [0.4, 0.5) is 5.00 Å². The van der Waals surface area contributed by atoms with Gasteiger partial charge < -0.3 is 10.6 Å². The Morgan fingerprint density at radius 1 is 1.58 bits per heavy atom. The van der Waals surface area contributed by atoms with Crippen molar-refractivity contribution in [3.63, 3.8) is 0 Å². The topological polar surface area (TPSA) is 54.0 Å². The molecule has 1 aromatic heterocycles. The number of carbonyl (C=O) groups excluding carboxylic acids is 1. The number of nitrogens with zero attached hydrogens (tertiary/aromatic N) is 1. The van der Waals surface area contributed by atoms with Crippen LogP contribution in [-0.2, 0) is 4.79 Å². The van der Waals surface area contributed by atoms with E-state index >= 15 is 0 Å². The predicted octanol–water partition coefficient (Wildman–Crippen LogP) is 0.855. The molecule has 5 heteroatoms. The molecule has 0 radical (unpaired) electrons. The Balaban J connectivity index is 0.000000261. The molecule has 0 spiro atoms. The molecule has 0 bridgehead atoms. The van der Waals surface area contributed by atoms with Gasteiger partial charge in [0, 0.05) is 14.1 Å². The molecule has 0 aliphatic carbocycles. The van der Waals surface area contributed by atoms with Gasteiger partial charge >= 0.3 is 0 Å². The summed E-state index contributed by atoms with van der Waals surface area (Å²) < 4.78 is 4.07. The van der Waals surface area contributed by atoms with E-state index in [1.807, 2.05) is 20.0 Å². The zero-order valence-electron chi connectivity index (χ0n) is 7.42. The van der Waals surface area contributed by atoms with E-state index in [9.17, 15) is 0 Å². The van der Waals surface area contributed by atoms with Crippen LogP contribution >= 0.6 is 11.5 Å². The number of aromatic nitrogens is 1. The molecule has 0 unspecified atom stereocenters. The molecule has 0 fully saturated rings. The summed E-state index contributed by atoms with van der Waals surface area (Å²) in [6, 6.07) is 2.02. The Bertz CT molecular complexity index is 224. The first-order valence-corrected chi connectivity index (χ1v) is 4.24. The number of rotatable bonds is 2. The van der Waals surface area contributed by atoms with Crippen LogP contribution in [-0.4, -0.2) is 24.9 Å². The molecule has 0 saturated carbocycles. The van der Waals surface area contributed by atoms with Crippen molar-refractivity contribution in [3.05, 3.63) is 11.8 Å². The Kier molecular flexibility index (Phi) is 6.00. The first-order valence-electron chi connectivity index (χ1n) is 3.46.